The second kappa shape index (κ2) is 13.2. The van der Waals surface area contributed by atoms with Gasteiger partial charge in [-0.15, -0.1) is 0 Å². The Balaban J connectivity index is 3.14. The molecule has 0 bridgehead atoms. The van der Waals surface area contributed by atoms with Crippen LogP contribution < -0.4 is 10.9 Å². The molecule has 6 nitrogen and oxygen atoms in total. The van der Waals surface area contributed by atoms with E-state index in [1.54, 1.807) is 0 Å². The molecule has 0 radical (unpaired) electrons. The van der Waals surface area contributed by atoms with Gasteiger partial charge in [0.1, 0.15) is 5.71 Å². The summed E-state index contributed by atoms with van der Waals surface area (Å²) in [6.45, 7) is 15.6. The van der Waals surface area contributed by atoms with Crippen LogP contribution in [0.5, 0.6) is 0 Å². The Morgan fingerprint density at radius 1 is 0.793 bits per heavy atom. The fourth-order valence-corrected chi connectivity index (χ4v) is 3.31. The van der Waals surface area contributed by atoms with Crippen molar-refractivity contribution in [2.24, 2.45) is 10.2 Å². The predicted molar refractivity (Wildman–Crippen MR) is 133 cm³/mol. The normalized spacial score (nSPS) is 11.8. The summed E-state index contributed by atoms with van der Waals surface area (Å²) in [6.07, 6.45) is 0.990. The van der Waals surface area contributed by atoms with E-state index in [0.29, 0.717) is 10.2 Å². The van der Waals surface area contributed by atoms with Crippen molar-refractivity contribution in [2.45, 2.75) is 48.0 Å². The summed E-state index contributed by atoms with van der Waals surface area (Å²) in [4.78, 5) is 4.07. The molecule has 0 aliphatic heterocycles. The van der Waals surface area contributed by atoms with Gasteiger partial charge in [-0.3, -0.25) is 10.9 Å². The summed E-state index contributed by atoms with van der Waals surface area (Å²) in [5.41, 5.74) is 9.68. The molecule has 0 aliphatic rings. The van der Waals surface area contributed by atoms with Crippen LogP contribution in [0.3, 0.4) is 0 Å². The SMILES string of the molecule is CCc1ccc(C(=NNC(=S)N(CC)CC)C(C)=NNC(=S)N(CC)CC)cc1. The van der Waals surface area contributed by atoms with Gasteiger partial charge in [0.15, 0.2) is 10.2 Å². The van der Waals surface area contributed by atoms with Crippen molar-refractivity contribution in [1.29, 1.82) is 0 Å². The van der Waals surface area contributed by atoms with E-state index in [4.69, 9.17) is 24.4 Å². The van der Waals surface area contributed by atoms with Crippen LogP contribution in [-0.4, -0.2) is 57.6 Å². The number of thiocarbonyl (C=S) groups is 2. The van der Waals surface area contributed by atoms with E-state index in [-0.39, 0.29) is 0 Å². The lowest BCUT2D eigenvalue weighted by Gasteiger charge is -2.21. The zero-order valence-corrected chi connectivity index (χ0v) is 20.1. The average molecular weight is 435 g/mol. The van der Waals surface area contributed by atoms with Crippen LogP contribution >= 0.6 is 24.4 Å². The van der Waals surface area contributed by atoms with Gasteiger partial charge >= 0.3 is 0 Å². The van der Waals surface area contributed by atoms with Crippen molar-refractivity contribution in [3.05, 3.63) is 35.4 Å². The van der Waals surface area contributed by atoms with E-state index in [1.807, 2.05) is 16.7 Å². The Morgan fingerprint density at radius 2 is 1.24 bits per heavy atom. The molecule has 1 aromatic rings. The minimum absolute atomic E-state index is 0.595. The third-order valence-electron chi connectivity index (χ3n) is 4.66. The summed E-state index contributed by atoms with van der Waals surface area (Å²) >= 11 is 10.9. The number of nitrogens with zero attached hydrogens (tertiary/aromatic N) is 4. The second-order valence-electron chi connectivity index (χ2n) is 6.39. The largest absolute Gasteiger partial charge is 0.348 e. The Morgan fingerprint density at radius 3 is 1.66 bits per heavy atom. The van der Waals surface area contributed by atoms with Gasteiger partial charge in [0.05, 0.1) is 5.71 Å². The van der Waals surface area contributed by atoms with Gasteiger partial charge in [-0.05, 0) is 71.0 Å². The minimum atomic E-state index is 0.595. The monoisotopic (exact) mass is 434 g/mol. The van der Waals surface area contributed by atoms with E-state index in [2.05, 4.69) is 79.9 Å². The molecule has 1 rings (SSSR count). The van der Waals surface area contributed by atoms with Crippen molar-refractivity contribution in [1.82, 2.24) is 20.7 Å². The van der Waals surface area contributed by atoms with Crippen molar-refractivity contribution in [3.63, 3.8) is 0 Å². The third kappa shape index (κ3) is 7.70. The lowest BCUT2D eigenvalue weighted by atomic mass is 10.0. The highest BCUT2D eigenvalue weighted by molar-refractivity contribution is 7.80. The fraction of sp³-hybridized carbons (Fsp3) is 0.524. The van der Waals surface area contributed by atoms with E-state index in [1.165, 1.54) is 5.56 Å². The van der Waals surface area contributed by atoms with E-state index in [0.717, 1.165) is 49.6 Å². The number of hydrogen-bond acceptors (Lipinski definition) is 4. The predicted octanol–water partition coefficient (Wildman–Crippen LogP) is 3.76. The van der Waals surface area contributed by atoms with Crippen molar-refractivity contribution >= 4 is 46.1 Å². The molecular weight excluding hydrogens is 400 g/mol. The number of hydrazone groups is 2. The van der Waals surface area contributed by atoms with Gasteiger partial charge in [0, 0.05) is 31.7 Å². The van der Waals surface area contributed by atoms with Crippen molar-refractivity contribution < 1.29 is 0 Å². The molecule has 0 atom stereocenters. The molecule has 8 heteroatoms. The zero-order chi connectivity index (χ0) is 21.8. The lowest BCUT2D eigenvalue weighted by Crippen LogP contribution is -2.39. The first-order chi connectivity index (χ1) is 13.9. The summed E-state index contributed by atoms with van der Waals surface area (Å²) in [5, 5.41) is 10.3. The number of benzene rings is 1. The maximum absolute atomic E-state index is 5.46. The molecule has 160 valence electrons. The van der Waals surface area contributed by atoms with Crippen molar-refractivity contribution in [2.75, 3.05) is 26.2 Å². The molecule has 0 aromatic heterocycles. The minimum Gasteiger partial charge on any atom is -0.348 e. The maximum Gasteiger partial charge on any atom is 0.189 e. The number of aryl methyl sites for hydroxylation is 1. The summed E-state index contributed by atoms with van der Waals surface area (Å²) in [6, 6.07) is 8.33. The fourth-order valence-electron chi connectivity index (χ4n) is 2.70. The molecule has 0 fully saturated rings. The number of nitrogens with one attached hydrogen (secondary N) is 2. The Bertz CT molecular complexity index is 719. The van der Waals surface area contributed by atoms with Gasteiger partial charge in [-0.2, -0.15) is 10.2 Å². The smallest absolute Gasteiger partial charge is 0.189 e. The summed E-state index contributed by atoms with van der Waals surface area (Å²) in [5.74, 6) is 0. The van der Waals surface area contributed by atoms with Crippen LogP contribution in [0.15, 0.2) is 34.5 Å². The Kier molecular flexibility index (Phi) is 11.4. The topological polar surface area (TPSA) is 55.3 Å². The van der Waals surface area contributed by atoms with Crippen LogP contribution in [-0.2, 0) is 6.42 Å². The molecule has 0 heterocycles. The number of hydrogen-bond donors (Lipinski definition) is 2. The Hall–Kier alpha value is -2.06. The molecule has 0 saturated heterocycles. The lowest BCUT2D eigenvalue weighted by molar-refractivity contribution is 0.457. The molecule has 1 aromatic carbocycles. The highest BCUT2D eigenvalue weighted by atomic mass is 32.1. The van der Waals surface area contributed by atoms with Gasteiger partial charge in [0.25, 0.3) is 0 Å². The first kappa shape index (κ1) is 25.0. The van der Waals surface area contributed by atoms with Gasteiger partial charge in [0.2, 0.25) is 0 Å². The standard InChI is InChI=1S/C21H34N6S2/c1-7-17-12-14-18(15-13-17)19(23-25-21(29)27(10-4)11-5)16(6)22-24-20(28)26(8-2)9-3/h12-15H,7-11H2,1-6H3,(H,24,28)(H,25,29). The van der Waals surface area contributed by atoms with E-state index in [9.17, 15) is 0 Å². The van der Waals surface area contributed by atoms with Gasteiger partial charge in [-0.1, -0.05) is 31.2 Å². The zero-order valence-electron chi connectivity index (χ0n) is 18.5. The molecule has 0 spiro atoms. The van der Waals surface area contributed by atoms with Crippen LogP contribution in [0.4, 0.5) is 0 Å². The summed E-state index contributed by atoms with van der Waals surface area (Å²) in [7, 11) is 0. The second-order valence-corrected chi connectivity index (χ2v) is 7.16. The first-order valence-electron chi connectivity index (χ1n) is 10.2. The highest BCUT2D eigenvalue weighted by Crippen LogP contribution is 2.08. The Labute approximate surface area is 186 Å². The van der Waals surface area contributed by atoms with Crippen LogP contribution in [0, 0.1) is 0 Å². The van der Waals surface area contributed by atoms with E-state index < -0.39 is 0 Å². The molecule has 0 saturated carbocycles. The summed E-state index contributed by atoms with van der Waals surface area (Å²) < 4.78 is 0. The van der Waals surface area contributed by atoms with Gasteiger partial charge < -0.3 is 9.80 Å². The van der Waals surface area contributed by atoms with Crippen LogP contribution in [0.2, 0.25) is 0 Å². The van der Waals surface area contributed by atoms with Crippen molar-refractivity contribution in [3.8, 4) is 0 Å². The first-order valence-corrected chi connectivity index (χ1v) is 11.0. The average Bonchev–Trinajstić information content (AvgIpc) is 2.74. The molecular formula is C21H34N6S2. The van der Waals surface area contributed by atoms with Gasteiger partial charge in [-0.25, -0.2) is 0 Å². The molecule has 29 heavy (non-hydrogen) atoms. The quantitative estimate of drug-likeness (QED) is 0.351. The van der Waals surface area contributed by atoms with E-state index >= 15 is 0 Å². The third-order valence-corrected chi connectivity index (χ3v) is 5.36. The molecule has 0 aliphatic carbocycles. The molecule has 2 N–H and O–H groups in total. The molecule has 0 amide bonds. The highest BCUT2D eigenvalue weighted by Gasteiger charge is 2.11. The van der Waals surface area contributed by atoms with Crippen LogP contribution in [0.25, 0.3) is 0 Å². The maximum atomic E-state index is 5.46. The van der Waals surface area contributed by atoms with Crippen LogP contribution in [0.1, 0.15) is 52.7 Å². The number of rotatable bonds is 9. The molecule has 0 unspecified atom stereocenters.